The number of ether oxygens (including phenoxy) is 2. The molecule has 178 valence electrons. The van der Waals surface area contributed by atoms with Crippen LogP contribution < -0.4 is 5.73 Å². The molecule has 1 amide bonds. The highest BCUT2D eigenvalue weighted by molar-refractivity contribution is 8.00. The molecule has 4 aliphatic rings. The highest BCUT2D eigenvalue weighted by Crippen LogP contribution is 2.39. The molecule has 9 nitrogen and oxygen atoms in total. The smallest absolute Gasteiger partial charge is 0.352 e. The number of carbonyl (C=O) groups is 2. The molecule has 0 spiro atoms. The van der Waals surface area contributed by atoms with E-state index in [1.165, 1.54) is 23.1 Å². The zero-order chi connectivity index (χ0) is 22.6. The second-order valence-electron chi connectivity index (χ2n) is 8.99. The third-order valence-electron chi connectivity index (χ3n) is 6.93. The third kappa shape index (κ3) is 5.21. The number of morpholine rings is 2. The Balaban J connectivity index is 1.36. The summed E-state index contributed by atoms with van der Waals surface area (Å²) in [5.41, 5.74) is 6.62. The summed E-state index contributed by atoms with van der Waals surface area (Å²) >= 11 is 1.54. The van der Waals surface area contributed by atoms with Crippen LogP contribution in [0.2, 0.25) is 0 Å². The van der Waals surface area contributed by atoms with Gasteiger partial charge in [0.25, 0.3) is 0 Å². The van der Waals surface area contributed by atoms with Crippen LogP contribution in [0.3, 0.4) is 0 Å². The fraction of sp³-hybridized carbons (Fsp3) is 0.727. The number of β-lactam (4-membered cyclic amide) rings is 1. The number of allylic oxidation sites excluding steroid dienone is 1. The van der Waals surface area contributed by atoms with E-state index >= 15 is 0 Å². The molecule has 3 fully saturated rings. The number of fused-ring (bicyclic) bond motifs is 1. The Hall–Kier alpha value is -1.43. The second-order valence-corrected chi connectivity index (χ2v) is 10.1. The summed E-state index contributed by atoms with van der Waals surface area (Å²) in [4.78, 5) is 27.8. The van der Waals surface area contributed by atoms with Crippen molar-refractivity contribution < 1.29 is 28.7 Å². The van der Waals surface area contributed by atoms with Crippen molar-refractivity contribution >= 4 is 23.6 Å². The lowest BCUT2D eigenvalue weighted by atomic mass is 10.0. The van der Waals surface area contributed by atoms with E-state index in [4.69, 9.17) is 15.2 Å². The zero-order valence-electron chi connectivity index (χ0n) is 18.6. The molecule has 3 N–H and O–H groups in total. The number of nitrogens with zero attached hydrogens (tertiary/aromatic N) is 3. The molecule has 3 saturated heterocycles. The quantitative estimate of drug-likeness (QED) is 0.279. The standard InChI is InChI=1S/C22H34N4O5S/c23-18-20(27)25-19(22(28)29)17(16-32-21(18)25)4-3-9-26(10-14-31-15-11-26)8-2-1-5-24-6-12-30-13-7-24/h3-4,18,21H,1-2,5-16,23H2/p+1/b4-3+/t18-,21-/m1/s1. The van der Waals surface area contributed by atoms with Crippen LogP contribution in [0.25, 0.3) is 0 Å². The van der Waals surface area contributed by atoms with E-state index < -0.39 is 12.0 Å². The highest BCUT2D eigenvalue weighted by atomic mass is 32.2. The molecule has 0 aromatic carbocycles. The van der Waals surface area contributed by atoms with Crippen LogP contribution in [-0.4, -0.2) is 121 Å². The summed E-state index contributed by atoms with van der Waals surface area (Å²) in [7, 11) is 0. The lowest BCUT2D eigenvalue weighted by molar-refractivity contribution is -0.930. The minimum Gasteiger partial charge on any atom is -0.477 e. The molecule has 4 rings (SSSR count). The normalized spacial score (nSPS) is 28.7. The van der Waals surface area contributed by atoms with Gasteiger partial charge < -0.3 is 24.8 Å². The zero-order valence-corrected chi connectivity index (χ0v) is 19.4. The van der Waals surface area contributed by atoms with Gasteiger partial charge in [-0.25, -0.2) is 4.79 Å². The average molecular weight is 468 g/mol. The van der Waals surface area contributed by atoms with Crippen LogP contribution >= 0.6 is 11.8 Å². The Morgan fingerprint density at radius 2 is 1.91 bits per heavy atom. The topological polar surface area (TPSA) is 105 Å². The number of carboxylic acids is 1. The number of aliphatic carboxylic acids is 1. The first-order valence-electron chi connectivity index (χ1n) is 11.6. The molecule has 2 atom stereocenters. The number of carboxylic acid groups (broad SMARTS) is 1. The van der Waals surface area contributed by atoms with E-state index in [0.29, 0.717) is 11.3 Å². The molecule has 0 bridgehead atoms. The van der Waals surface area contributed by atoms with Crippen molar-refractivity contribution in [2.45, 2.75) is 24.3 Å². The van der Waals surface area contributed by atoms with Gasteiger partial charge in [0.15, 0.2) is 0 Å². The van der Waals surface area contributed by atoms with Crippen LogP contribution in [0, 0.1) is 0 Å². The summed E-state index contributed by atoms with van der Waals surface area (Å²) in [6.45, 7) is 10.3. The maximum absolute atomic E-state index is 12.1. The summed E-state index contributed by atoms with van der Waals surface area (Å²) in [5, 5.41) is 9.46. The van der Waals surface area contributed by atoms with Gasteiger partial charge in [-0.05, 0) is 31.0 Å². The van der Waals surface area contributed by atoms with Crippen LogP contribution in [-0.2, 0) is 19.1 Å². The minimum absolute atomic E-state index is 0.0933. The molecular weight excluding hydrogens is 432 g/mol. The van der Waals surface area contributed by atoms with E-state index in [0.717, 1.165) is 83.1 Å². The first kappa shape index (κ1) is 23.7. The number of carbonyl (C=O) groups excluding carboxylic acids is 1. The molecule has 0 aromatic heterocycles. The Labute approximate surface area is 193 Å². The highest BCUT2D eigenvalue weighted by Gasteiger charge is 2.51. The number of unbranched alkanes of at least 4 members (excludes halogenated alkanes) is 1. The van der Waals surface area contributed by atoms with E-state index in [1.807, 2.05) is 6.08 Å². The largest absolute Gasteiger partial charge is 0.477 e. The number of amides is 1. The molecule has 4 heterocycles. The lowest BCUT2D eigenvalue weighted by Gasteiger charge is -2.47. The van der Waals surface area contributed by atoms with Gasteiger partial charge in [0.2, 0.25) is 5.91 Å². The van der Waals surface area contributed by atoms with Gasteiger partial charge in [-0.15, -0.1) is 11.8 Å². The molecule has 10 heteroatoms. The van der Waals surface area contributed by atoms with E-state index in [1.54, 1.807) is 0 Å². The maximum atomic E-state index is 12.1. The number of rotatable bonds is 9. The molecule has 4 aliphatic heterocycles. The maximum Gasteiger partial charge on any atom is 0.352 e. The van der Waals surface area contributed by atoms with E-state index in [9.17, 15) is 14.7 Å². The van der Waals surface area contributed by atoms with E-state index in [2.05, 4.69) is 11.0 Å². The van der Waals surface area contributed by atoms with Gasteiger partial charge in [-0.2, -0.15) is 0 Å². The first-order chi connectivity index (χ1) is 15.5. The second kappa shape index (κ2) is 10.7. The summed E-state index contributed by atoms with van der Waals surface area (Å²) < 4.78 is 12.0. The summed E-state index contributed by atoms with van der Waals surface area (Å²) in [6.07, 6.45) is 6.34. The van der Waals surface area contributed by atoms with Gasteiger partial charge in [0.05, 0.1) is 39.5 Å². The molecule has 0 aliphatic carbocycles. The number of quaternary nitrogens is 1. The summed E-state index contributed by atoms with van der Waals surface area (Å²) in [5.74, 6) is -0.806. The van der Waals surface area contributed by atoms with Gasteiger partial charge in [-0.3, -0.25) is 14.6 Å². The van der Waals surface area contributed by atoms with Crippen molar-refractivity contribution in [3.63, 3.8) is 0 Å². The van der Waals surface area contributed by atoms with Crippen LogP contribution in [0.1, 0.15) is 12.8 Å². The van der Waals surface area contributed by atoms with Crippen molar-refractivity contribution in [3.8, 4) is 0 Å². The number of thioether (sulfide) groups is 1. The van der Waals surface area contributed by atoms with Gasteiger partial charge in [-0.1, -0.05) is 6.08 Å². The third-order valence-corrected chi connectivity index (χ3v) is 8.26. The van der Waals surface area contributed by atoms with Gasteiger partial charge in [0, 0.05) is 18.8 Å². The summed E-state index contributed by atoms with van der Waals surface area (Å²) in [6, 6.07) is -0.598. The van der Waals surface area contributed by atoms with E-state index in [-0.39, 0.29) is 17.0 Å². The Bertz CT molecular complexity index is 761. The van der Waals surface area contributed by atoms with Gasteiger partial charge >= 0.3 is 5.97 Å². The van der Waals surface area contributed by atoms with Crippen molar-refractivity contribution in [1.82, 2.24) is 9.80 Å². The predicted octanol–water partition coefficient (Wildman–Crippen LogP) is 0.0831. The van der Waals surface area contributed by atoms with Crippen LogP contribution in [0.15, 0.2) is 23.4 Å². The Morgan fingerprint density at radius 3 is 2.62 bits per heavy atom. The van der Waals surface area contributed by atoms with Crippen molar-refractivity contribution in [2.75, 3.05) is 78.0 Å². The van der Waals surface area contributed by atoms with Gasteiger partial charge in [0.1, 0.15) is 30.2 Å². The van der Waals surface area contributed by atoms with Crippen LogP contribution in [0.5, 0.6) is 0 Å². The fourth-order valence-corrected chi connectivity index (χ4v) is 6.19. The average Bonchev–Trinajstić information content (AvgIpc) is 2.82. The number of nitrogens with two attached hydrogens (primary N) is 1. The van der Waals surface area contributed by atoms with Crippen molar-refractivity contribution in [1.29, 1.82) is 0 Å². The van der Waals surface area contributed by atoms with Crippen molar-refractivity contribution in [3.05, 3.63) is 23.4 Å². The molecule has 0 radical (unpaired) electrons. The number of hydrogen-bond donors (Lipinski definition) is 2. The minimum atomic E-state index is -1.06. The predicted molar refractivity (Wildman–Crippen MR) is 122 cm³/mol. The Kier molecular flexibility index (Phi) is 7.91. The van der Waals surface area contributed by atoms with Crippen LogP contribution in [0.4, 0.5) is 0 Å². The molecule has 32 heavy (non-hydrogen) atoms. The molecular formula is C22H35N4O5S+. The molecule has 0 unspecified atom stereocenters. The monoisotopic (exact) mass is 467 g/mol. The SMILES string of the molecule is N[C@@H]1C(=O)N2C(C(=O)O)=C(/C=C/C[N+]3(CCCCN4CCOCC4)CCOCC3)CS[C@H]12. The van der Waals surface area contributed by atoms with Crippen molar-refractivity contribution in [2.24, 2.45) is 5.73 Å². The lowest BCUT2D eigenvalue weighted by Crippen LogP contribution is -2.68. The fourth-order valence-electron chi connectivity index (χ4n) is 4.92. The molecule has 0 aromatic rings. The number of hydrogen-bond acceptors (Lipinski definition) is 7. The first-order valence-corrected chi connectivity index (χ1v) is 12.6. The molecule has 0 saturated carbocycles. The Morgan fingerprint density at radius 1 is 1.19 bits per heavy atom.